The summed E-state index contributed by atoms with van der Waals surface area (Å²) in [6, 6.07) is 6.40. The second-order valence-electron chi connectivity index (χ2n) is 5.65. The summed E-state index contributed by atoms with van der Waals surface area (Å²) in [5, 5.41) is 9.28. The molecule has 1 atom stereocenters. The maximum absolute atomic E-state index is 12.4. The third-order valence-electron chi connectivity index (χ3n) is 3.77. The fraction of sp³-hybridized carbons (Fsp3) is 0.600. The quantitative estimate of drug-likeness (QED) is 0.831. The molecule has 1 aromatic rings. The van der Waals surface area contributed by atoms with Crippen LogP contribution in [0.3, 0.4) is 0 Å². The Kier molecular flexibility index (Phi) is 5.75. The van der Waals surface area contributed by atoms with Crippen LogP contribution in [-0.4, -0.2) is 44.1 Å². The molecule has 1 aliphatic heterocycles. The molecule has 118 valence electrons. The van der Waals surface area contributed by atoms with E-state index in [2.05, 4.69) is 9.62 Å². The second-order valence-corrected chi connectivity index (χ2v) is 7.33. The van der Waals surface area contributed by atoms with Crippen molar-refractivity contribution in [2.24, 2.45) is 0 Å². The van der Waals surface area contributed by atoms with E-state index in [4.69, 9.17) is 0 Å². The molecule has 0 aliphatic carbocycles. The number of nitrogens with zero attached hydrogens (tertiary/aromatic N) is 1. The van der Waals surface area contributed by atoms with E-state index in [-0.39, 0.29) is 17.5 Å². The van der Waals surface area contributed by atoms with Crippen LogP contribution in [0.4, 0.5) is 0 Å². The molecule has 2 N–H and O–H groups in total. The van der Waals surface area contributed by atoms with Crippen LogP contribution in [0.1, 0.15) is 31.7 Å². The van der Waals surface area contributed by atoms with E-state index in [1.54, 1.807) is 18.2 Å². The Morgan fingerprint density at radius 3 is 2.57 bits per heavy atom. The summed E-state index contributed by atoms with van der Waals surface area (Å²) in [5.41, 5.74) is 0.426. The maximum atomic E-state index is 12.4. The van der Waals surface area contributed by atoms with Gasteiger partial charge >= 0.3 is 0 Å². The van der Waals surface area contributed by atoms with Gasteiger partial charge in [-0.3, -0.25) is 0 Å². The van der Waals surface area contributed by atoms with Crippen LogP contribution in [-0.2, 0) is 16.6 Å². The summed E-state index contributed by atoms with van der Waals surface area (Å²) in [4.78, 5) is 2.47. The predicted molar refractivity (Wildman–Crippen MR) is 82.4 cm³/mol. The Hall–Kier alpha value is -0.950. The zero-order valence-electron chi connectivity index (χ0n) is 12.5. The van der Waals surface area contributed by atoms with Crippen molar-refractivity contribution in [2.75, 3.05) is 19.6 Å². The predicted octanol–water partition coefficient (Wildman–Crippen LogP) is 1.33. The molecule has 0 spiro atoms. The van der Waals surface area contributed by atoms with Crippen molar-refractivity contribution >= 4 is 10.0 Å². The van der Waals surface area contributed by atoms with Gasteiger partial charge in [-0.2, -0.15) is 0 Å². The summed E-state index contributed by atoms with van der Waals surface area (Å²) in [7, 11) is -3.59. The van der Waals surface area contributed by atoms with Gasteiger partial charge in [0.2, 0.25) is 10.0 Å². The number of rotatable bonds is 6. The lowest BCUT2D eigenvalue weighted by Crippen LogP contribution is -2.43. The fourth-order valence-corrected chi connectivity index (χ4v) is 4.26. The Morgan fingerprint density at radius 2 is 1.90 bits per heavy atom. The minimum absolute atomic E-state index is 0.153. The molecule has 1 heterocycles. The van der Waals surface area contributed by atoms with Crippen molar-refractivity contribution in [3.63, 3.8) is 0 Å². The summed E-state index contributed by atoms with van der Waals surface area (Å²) < 4.78 is 27.6. The van der Waals surface area contributed by atoms with Crippen molar-refractivity contribution in [2.45, 2.75) is 43.7 Å². The third kappa shape index (κ3) is 4.51. The number of aliphatic hydroxyl groups is 1. The molecular formula is C15H24N2O3S. The van der Waals surface area contributed by atoms with E-state index in [1.807, 2.05) is 6.92 Å². The maximum Gasteiger partial charge on any atom is 0.241 e. The fourth-order valence-electron chi connectivity index (χ4n) is 2.79. The van der Waals surface area contributed by atoms with E-state index < -0.39 is 10.0 Å². The molecule has 21 heavy (non-hydrogen) atoms. The van der Waals surface area contributed by atoms with Gasteiger partial charge in [0, 0.05) is 12.6 Å². The Balaban J connectivity index is 2.02. The van der Waals surface area contributed by atoms with Crippen molar-refractivity contribution in [3.05, 3.63) is 29.8 Å². The van der Waals surface area contributed by atoms with Gasteiger partial charge in [0.25, 0.3) is 0 Å². The van der Waals surface area contributed by atoms with Gasteiger partial charge in [-0.1, -0.05) is 24.6 Å². The molecule has 0 saturated carbocycles. The lowest BCUT2D eigenvalue weighted by atomic mass is 10.1. The first kappa shape index (κ1) is 16.4. The molecule has 0 radical (unpaired) electrons. The average molecular weight is 312 g/mol. The van der Waals surface area contributed by atoms with E-state index in [0.717, 1.165) is 19.6 Å². The van der Waals surface area contributed by atoms with Crippen LogP contribution in [0.15, 0.2) is 29.2 Å². The normalized spacial score (nSPS) is 18.6. The van der Waals surface area contributed by atoms with E-state index >= 15 is 0 Å². The average Bonchev–Trinajstić information content (AvgIpc) is 2.47. The van der Waals surface area contributed by atoms with Crippen molar-refractivity contribution < 1.29 is 13.5 Å². The van der Waals surface area contributed by atoms with Gasteiger partial charge in [0.05, 0.1) is 11.5 Å². The smallest absolute Gasteiger partial charge is 0.241 e. The lowest BCUT2D eigenvalue weighted by Gasteiger charge is -2.29. The Labute approximate surface area is 127 Å². The van der Waals surface area contributed by atoms with Gasteiger partial charge in [0.15, 0.2) is 0 Å². The van der Waals surface area contributed by atoms with Gasteiger partial charge < -0.3 is 10.0 Å². The number of likely N-dealkylation sites (tertiary alicyclic amines) is 1. The molecule has 0 aromatic heterocycles. The Morgan fingerprint density at radius 1 is 1.24 bits per heavy atom. The largest absolute Gasteiger partial charge is 0.392 e. The van der Waals surface area contributed by atoms with Crippen LogP contribution < -0.4 is 4.72 Å². The molecular weight excluding hydrogens is 288 g/mol. The standard InChI is InChI=1S/C15H24N2O3S/c1-13(11-17-9-5-2-6-10-17)16-21(19,20)15-8-4-3-7-14(15)12-18/h3-4,7-8,13,16,18H,2,5-6,9-12H2,1H3. The molecule has 6 heteroatoms. The number of hydrogen-bond acceptors (Lipinski definition) is 4. The monoisotopic (exact) mass is 312 g/mol. The first-order chi connectivity index (χ1) is 10.0. The summed E-state index contributed by atoms with van der Waals surface area (Å²) in [6.45, 7) is 4.41. The van der Waals surface area contributed by atoms with E-state index in [1.165, 1.54) is 25.3 Å². The highest BCUT2D eigenvalue weighted by atomic mass is 32.2. The summed E-state index contributed by atoms with van der Waals surface area (Å²) in [6.07, 6.45) is 3.64. The van der Waals surface area contributed by atoms with Gasteiger partial charge in [0.1, 0.15) is 0 Å². The molecule has 1 unspecified atom stereocenters. The van der Waals surface area contributed by atoms with E-state index in [0.29, 0.717) is 5.56 Å². The zero-order chi connectivity index (χ0) is 15.3. The van der Waals surface area contributed by atoms with Gasteiger partial charge in [-0.05, 0) is 44.5 Å². The summed E-state index contributed by atoms with van der Waals surface area (Å²) in [5.74, 6) is 0. The first-order valence-electron chi connectivity index (χ1n) is 7.46. The Bertz CT molecular complexity index is 554. The highest BCUT2D eigenvalue weighted by Gasteiger charge is 2.22. The number of sulfonamides is 1. The molecule has 1 aromatic carbocycles. The van der Waals surface area contributed by atoms with Crippen molar-refractivity contribution in [1.29, 1.82) is 0 Å². The molecule has 1 saturated heterocycles. The van der Waals surface area contributed by atoms with Crippen molar-refractivity contribution in [3.8, 4) is 0 Å². The van der Waals surface area contributed by atoms with Crippen LogP contribution in [0.2, 0.25) is 0 Å². The second kappa shape index (κ2) is 7.35. The van der Waals surface area contributed by atoms with Gasteiger partial charge in [-0.25, -0.2) is 13.1 Å². The van der Waals surface area contributed by atoms with Crippen LogP contribution in [0, 0.1) is 0 Å². The van der Waals surface area contributed by atoms with Crippen LogP contribution in [0.25, 0.3) is 0 Å². The van der Waals surface area contributed by atoms with Crippen LogP contribution in [0.5, 0.6) is 0 Å². The highest BCUT2D eigenvalue weighted by molar-refractivity contribution is 7.89. The topological polar surface area (TPSA) is 69.6 Å². The highest BCUT2D eigenvalue weighted by Crippen LogP contribution is 2.16. The number of nitrogens with one attached hydrogen (secondary N) is 1. The number of piperidine rings is 1. The molecule has 2 rings (SSSR count). The minimum atomic E-state index is -3.59. The summed E-state index contributed by atoms with van der Waals surface area (Å²) >= 11 is 0. The minimum Gasteiger partial charge on any atom is -0.392 e. The van der Waals surface area contributed by atoms with Crippen molar-refractivity contribution in [1.82, 2.24) is 9.62 Å². The molecule has 0 bridgehead atoms. The first-order valence-corrected chi connectivity index (χ1v) is 8.94. The van der Waals surface area contributed by atoms with E-state index in [9.17, 15) is 13.5 Å². The zero-order valence-corrected chi connectivity index (χ0v) is 13.3. The SMILES string of the molecule is CC(CN1CCCCC1)NS(=O)(=O)c1ccccc1CO. The molecule has 1 fully saturated rings. The van der Waals surface area contributed by atoms with Crippen LogP contribution >= 0.6 is 0 Å². The van der Waals surface area contributed by atoms with Gasteiger partial charge in [-0.15, -0.1) is 0 Å². The number of benzene rings is 1. The molecule has 5 nitrogen and oxygen atoms in total. The number of aliphatic hydroxyl groups excluding tert-OH is 1. The third-order valence-corrected chi connectivity index (χ3v) is 5.46. The number of hydrogen-bond donors (Lipinski definition) is 2. The molecule has 0 amide bonds. The molecule has 1 aliphatic rings. The lowest BCUT2D eigenvalue weighted by molar-refractivity contribution is 0.215.